The van der Waals surface area contributed by atoms with Crippen LogP contribution in [0, 0.1) is 11.7 Å². The number of likely N-dealkylation sites (tertiary alicyclic amines) is 1. The number of nitrogens with one attached hydrogen (secondary N) is 1. The molecule has 5 heteroatoms. The fourth-order valence-electron chi connectivity index (χ4n) is 2.68. The summed E-state index contributed by atoms with van der Waals surface area (Å²) in [5.41, 5.74) is 1.40. The average Bonchev–Trinajstić information content (AvgIpc) is 2.90. The average molecular weight is 318 g/mol. The first-order valence-corrected chi connectivity index (χ1v) is 7.95. The van der Waals surface area contributed by atoms with Crippen LogP contribution in [0.25, 0.3) is 5.57 Å². The molecule has 1 atom stereocenters. The number of halogens is 1. The SMILES string of the molecule is C/C(=C\C(=O)NCC(C)CN1CCCC1=O)c1cccc(F)c1. The minimum absolute atomic E-state index is 0.198. The maximum absolute atomic E-state index is 13.2. The Morgan fingerprint density at radius 2 is 2.26 bits per heavy atom. The number of rotatable bonds is 6. The predicted molar refractivity (Wildman–Crippen MR) is 88.0 cm³/mol. The highest BCUT2D eigenvalue weighted by Gasteiger charge is 2.21. The standard InChI is InChI=1S/C18H23FN2O2/c1-13(12-21-8-4-7-18(21)23)11-20-17(22)9-14(2)15-5-3-6-16(19)10-15/h3,5-6,9-10,13H,4,7-8,11-12H2,1-2H3,(H,20,22)/b14-9+. The molecule has 0 aromatic heterocycles. The molecule has 0 radical (unpaired) electrons. The second kappa shape index (κ2) is 7.90. The zero-order valence-corrected chi connectivity index (χ0v) is 13.6. The Balaban J connectivity index is 1.82. The predicted octanol–water partition coefficient (Wildman–Crippen LogP) is 2.60. The summed E-state index contributed by atoms with van der Waals surface area (Å²) >= 11 is 0. The molecule has 1 heterocycles. The monoisotopic (exact) mass is 318 g/mol. The van der Waals surface area contributed by atoms with Crippen LogP contribution >= 0.6 is 0 Å². The number of carbonyl (C=O) groups excluding carboxylic acids is 2. The zero-order chi connectivity index (χ0) is 16.8. The molecule has 1 N–H and O–H groups in total. The van der Waals surface area contributed by atoms with Crippen LogP contribution in [0.1, 0.15) is 32.3 Å². The molecule has 0 spiro atoms. The third-order valence-corrected chi connectivity index (χ3v) is 3.96. The second-order valence-electron chi connectivity index (χ2n) is 6.13. The van der Waals surface area contributed by atoms with Crippen LogP contribution in [0.4, 0.5) is 4.39 Å². The maximum Gasteiger partial charge on any atom is 0.244 e. The Morgan fingerprint density at radius 1 is 1.48 bits per heavy atom. The summed E-state index contributed by atoms with van der Waals surface area (Å²) < 4.78 is 13.2. The quantitative estimate of drug-likeness (QED) is 0.820. The fraction of sp³-hybridized carbons (Fsp3) is 0.444. The molecular formula is C18H23FN2O2. The lowest BCUT2D eigenvalue weighted by molar-refractivity contribution is -0.128. The zero-order valence-electron chi connectivity index (χ0n) is 13.6. The molecule has 124 valence electrons. The van der Waals surface area contributed by atoms with Gasteiger partial charge in [-0.3, -0.25) is 9.59 Å². The van der Waals surface area contributed by atoms with Crippen molar-refractivity contribution in [2.24, 2.45) is 5.92 Å². The summed E-state index contributed by atoms with van der Waals surface area (Å²) in [6, 6.07) is 6.16. The summed E-state index contributed by atoms with van der Waals surface area (Å²) in [6.07, 6.45) is 3.03. The van der Waals surface area contributed by atoms with Crippen LogP contribution in [0.3, 0.4) is 0 Å². The van der Waals surface area contributed by atoms with Gasteiger partial charge in [-0.1, -0.05) is 19.1 Å². The van der Waals surface area contributed by atoms with Crippen molar-refractivity contribution in [2.75, 3.05) is 19.6 Å². The van der Waals surface area contributed by atoms with Crippen molar-refractivity contribution in [3.63, 3.8) is 0 Å². The van der Waals surface area contributed by atoms with E-state index in [1.165, 1.54) is 18.2 Å². The first kappa shape index (κ1) is 17.2. The molecule has 0 saturated carbocycles. The highest BCUT2D eigenvalue weighted by Crippen LogP contribution is 2.14. The summed E-state index contributed by atoms with van der Waals surface area (Å²) in [6.45, 7) is 5.78. The summed E-state index contributed by atoms with van der Waals surface area (Å²) in [4.78, 5) is 25.4. The molecule has 1 aromatic carbocycles. The highest BCUT2D eigenvalue weighted by molar-refractivity contribution is 5.94. The third-order valence-electron chi connectivity index (χ3n) is 3.96. The molecule has 1 unspecified atom stereocenters. The Kier molecular flexibility index (Phi) is 5.90. The molecule has 0 bridgehead atoms. The third kappa shape index (κ3) is 5.20. The van der Waals surface area contributed by atoms with Gasteiger partial charge in [-0.15, -0.1) is 0 Å². The van der Waals surface area contributed by atoms with Gasteiger partial charge in [0.1, 0.15) is 5.82 Å². The molecule has 1 aromatic rings. The van der Waals surface area contributed by atoms with Crippen molar-refractivity contribution in [1.82, 2.24) is 10.2 Å². The number of hydrogen-bond donors (Lipinski definition) is 1. The van der Waals surface area contributed by atoms with E-state index in [2.05, 4.69) is 5.32 Å². The lowest BCUT2D eigenvalue weighted by Crippen LogP contribution is -2.35. The van der Waals surface area contributed by atoms with E-state index in [0.29, 0.717) is 30.6 Å². The van der Waals surface area contributed by atoms with Crippen LogP contribution in [0.15, 0.2) is 30.3 Å². The van der Waals surface area contributed by atoms with Gasteiger partial charge in [0, 0.05) is 32.1 Å². The molecule has 1 aliphatic rings. The minimum Gasteiger partial charge on any atom is -0.352 e. The summed E-state index contributed by atoms with van der Waals surface area (Å²) in [5.74, 6) is -0.125. The normalized spacial score (nSPS) is 16.6. The van der Waals surface area contributed by atoms with Crippen molar-refractivity contribution in [3.8, 4) is 0 Å². The van der Waals surface area contributed by atoms with E-state index in [1.54, 1.807) is 19.1 Å². The Labute approximate surface area is 136 Å². The van der Waals surface area contributed by atoms with Gasteiger partial charge >= 0.3 is 0 Å². The Morgan fingerprint density at radius 3 is 2.91 bits per heavy atom. The Bertz CT molecular complexity index is 613. The van der Waals surface area contributed by atoms with Crippen LogP contribution in [0.5, 0.6) is 0 Å². The van der Waals surface area contributed by atoms with E-state index < -0.39 is 0 Å². The molecule has 1 fully saturated rings. The van der Waals surface area contributed by atoms with Gasteiger partial charge in [0.25, 0.3) is 0 Å². The second-order valence-corrected chi connectivity index (χ2v) is 6.13. The molecule has 2 rings (SSSR count). The van der Waals surface area contributed by atoms with E-state index in [9.17, 15) is 14.0 Å². The molecule has 23 heavy (non-hydrogen) atoms. The molecular weight excluding hydrogens is 295 g/mol. The van der Waals surface area contributed by atoms with Crippen molar-refractivity contribution in [2.45, 2.75) is 26.7 Å². The first-order valence-electron chi connectivity index (χ1n) is 7.95. The number of nitrogens with zero attached hydrogens (tertiary/aromatic N) is 1. The number of amides is 2. The summed E-state index contributed by atoms with van der Waals surface area (Å²) in [7, 11) is 0. The molecule has 2 amide bonds. The van der Waals surface area contributed by atoms with Crippen molar-refractivity contribution < 1.29 is 14.0 Å². The van der Waals surface area contributed by atoms with E-state index in [-0.39, 0.29) is 23.5 Å². The topological polar surface area (TPSA) is 49.4 Å². The number of hydrogen-bond acceptors (Lipinski definition) is 2. The van der Waals surface area contributed by atoms with Gasteiger partial charge < -0.3 is 10.2 Å². The van der Waals surface area contributed by atoms with Gasteiger partial charge in [-0.05, 0) is 42.5 Å². The van der Waals surface area contributed by atoms with Crippen molar-refractivity contribution >= 4 is 17.4 Å². The maximum atomic E-state index is 13.2. The van der Waals surface area contributed by atoms with Crippen LogP contribution in [-0.2, 0) is 9.59 Å². The van der Waals surface area contributed by atoms with E-state index in [0.717, 1.165) is 13.0 Å². The summed E-state index contributed by atoms with van der Waals surface area (Å²) in [5, 5.41) is 2.84. The van der Waals surface area contributed by atoms with Crippen molar-refractivity contribution in [3.05, 3.63) is 41.7 Å². The lowest BCUT2D eigenvalue weighted by atomic mass is 10.1. The van der Waals surface area contributed by atoms with Gasteiger partial charge in [0.05, 0.1) is 0 Å². The van der Waals surface area contributed by atoms with E-state index in [4.69, 9.17) is 0 Å². The van der Waals surface area contributed by atoms with Crippen LogP contribution < -0.4 is 5.32 Å². The smallest absolute Gasteiger partial charge is 0.244 e. The van der Waals surface area contributed by atoms with Crippen LogP contribution in [-0.4, -0.2) is 36.3 Å². The minimum atomic E-state index is -0.320. The van der Waals surface area contributed by atoms with Gasteiger partial charge in [0.15, 0.2) is 0 Å². The van der Waals surface area contributed by atoms with Gasteiger partial charge in [-0.2, -0.15) is 0 Å². The van der Waals surface area contributed by atoms with Crippen LogP contribution in [0.2, 0.25) is 0 Å². The number of benzene rings is 1. The first-order chi connectivity index (χ1) is 11.0. The highest BCUT2D eigenvalue weighted by atomic mass is 19.1. The Hall–Kier alpha value is -2.17. The lowest BCUT2D eigenvalue weighted by Gasteiger charge is -2.20. The molecule has 0 aliphatic carbocycles. The molecule has 4 nitrogen and oxygen atoms in total. The van der Waals surface area contributed by atoms with E-state index in [1.807, 2.05) is 11.8 Å². The number of allylic oxidation sites excluding steroid dienone is 1. The van der Waals surface area contributed by atoms with E-state index >= 15 is 0 Å². The van der Waals surface area contributed by atoms with Crippen molar-refractivity contribution in [1.29, 1.82) is 0 Å². The molecule has 1 saturated heterocycles. The fourth-order valence-corrected chi connectivity index (χ4v) is 2.68. The van der Waals surface area contributed by atoms with Gasteiger partial charge in [-0.25, -0.2) is 4.39 Å². The largest absolute Gasteiger partial charge is 0.352 e. The molecule has 1 aliphatic heterocycles. The van der Waals surface area contributed by atoms with Gasteiger partial charge in [0.2, 0.25) is 11.8 Å². The number of carbonyl (C=O) groups is 2.